The second-order valence-electron chi connectivity index (χ2n) is 7.73. The van der Waals surface area contributed by atoms with Crippen molar-refractivity contribution in [3.63, 3.8) is 0 Å². The van der Waals surface area contributed by atoms with Crippen molar-refractivity contribution >= 4 is 15.9 Å². The van der Waals surface area contributed by atoms with Crippen LogP contribution >= 0.6 is 15.9 Å². The second kappa shape index (κ2) is 9.53. The highest BCUT2D eigenvalue weighted by atomic mass is 79.9. The van der Waals surface area contributed by atoms with E-state index in [2.05, 4.69) is 88.4 Å². The maximum absolute atomic E-state index is 10.1. The number of nitriles is 1. The lowest BCUT2D eigenvalue weighted by Crippen LogP contribution is -2.30. The third kappa shape index (κ3) is 5.21. The Kier molecular flexibility index (Phi) is 7.10. The fourth-order valence-corrected chi connectivity index (χ4v) is 4.39. The molecule has 0 N–H and O–H groups in total. The van der Waals surface area contributed by atoms with Crippen LogP contribution in [0.4, 0.5) is 0 Å². The Balaban J connectivity index is 1.66. The summed E-state index contributed by atoms with van der Waals surface area (Å²) in [6.45, 7) is 5.39. The van der Waals surface area contributed by atoms with Crippen molar-refractivity contribution in [2.24, 2.45) is 5.92 Å². The van der Waals surface area contributed by atoms with Crippen molar-refractivity contribution in [2.75, 3.05) is 13.1 Å². The van der Waals surface area contributed by atoms with Gasteiger partial charge in [-0.25, -0.2) is 0 Å². The summed E-state index contributed by atoms with van der Waals surface area (Å²) in [4.78, 5) is 2.53. The first-order chi connectivity index (χ1) is 13.2. The van der Waals surface area contributed by atoms with E-state index < -0.39 is 0 Å². The van der Waals surface area contributed by atoms with Gasteiger partial charge >= 0.3 is 0 Å². The molecule has 1 saturated carbocycles. The van der Waals surface area contributed by atoms with Crippen LogP contribution in [-0.2, 0) is 12.0 Å². The lowest BCUT2D eigenvalue weighted by Gasteiger charge is -2.29. The topological polar surface area (TPSA) is 27.0 Å². The van der Waals surface area contributed by atoms with Gasteiger partial charge in [-0.1, -0.05) is 65.3 Å². The summed E-state index contributed by atoms with van der Waals surface area (Å²) >= 11 is 3.52. The van der Waals surface area contributed by atoms with Crippen molar-refractivity contribution in [3.8, 4) is 6.07 Å². The maximum atomic E-state index is 10.1. The van der Waals surface area contributed by atoms with E-state index in [9.17, 15) is 5.26 Å². The van der Waals surface area contributed by atoms with Gasteiger partial charge in [-0.3, -0.25) is 4.90 Å². The minimum absolute atomic E-state index is 0.314. The number of rotatable bonds is 10. The Morgan fingerprint density at radius 2 is 1.78 bits per heavy atom. The Morgan fingerprint density at radius 3 is 2.37 bits per heavy atom. The van der Waals surface area contributed by atoms with Crippen LogP contribution in [0.15, 0.2) is 59.1 Å². The number of hydrogen-bond acceptors (Lipinski definition) is 2. The van der Waals surface area contributed by atoms with Gasteiger partial charge in [0.1, 0.15) is 0 Å². The minimum Gasteiger partial charge on any atom is -0.299 e. The molecule has 3 heteroatoms. The predicted molar refractivity (Wildman–Crippen MR) is 115 cm³/mol. The van der Waals surface area contributed by atoms with Crippen LogP contribution in [-0.4, -0.2) is 18.0 Å². The van der Waals surface area contributed by atoms with Gasteiger partial charge in [-0.2, -0.15) is 5.26 Å². The van der Waals surface area contributed by atoms with E-state index in [4.69, 9.17) is 0 Å². The van der Waals surface area contributed by atoms with Crippen LogP contribution in [0.1, 0.15) is 50.2 Å². The Hall–Kier alpha value is -1.63. The molecule has 1 aliphatic carbocycles. The highest BCUT2D eigenvalue weighted by Crippen LogP contribution is 2.50. The Bertz CT molecular complexity index is 746. The minimum atomic E-state index is -0.314. The molecule has 2 aromatic carbocycles. The largest absolute Gasteiger partial charge is 0.299 e. The molecule has 0 saturated heterocycles. The molecule has 0 bridgehead atoms. The number of nitrogens with zero attached hydrogens (tertiary/aromatic N) is 2. The van der Waals surface area contributed by atoms with E-state index in [1.54, 1.807) is 0 Å². The Labute approximate surface area is 172 Å². The first kappa shape index (κ1) is 20.1. The molecule has 0 aliphatic heterocycles. The van der Waals surface area contributed by atoms with Crippen LogP contribution < -0.4 is 0 Å². The SMILES string of the molecule is CCCN(CCCC(C#N)(c1ccc(Br)cc1)C1CC1)Cc1ccccc1. The average Bonchev–Trinajstić information content (AvgIpc) is 3.53. The van der Waals surface area contributed by atoms with Gasteiger partial charge in [0.25, 0.3) is 0 Å². The van der Waals surface area contributed by atoms with E-state index >= 15 is 0 Å². The van der Waals surface area contributed by atoms with Crippen molar-refractivity contribution in [2.45, 2.75) is 51.0 Å². The van der Waals surface area contributed by atoms with Crippen LogP contribution in [0.25, 0.3) is 0 Å². The quantitative estimate of drug-likeness (QED) is 0.446. The highest BCUT2D eigenvalue weighted by Gasteiger charge is 2.46. The molecule has 0 heterocycles. The molecule has 1 aliphatic rings. The fraction of sp³-hybridized carbons (Fsp3) is 0.458. The molecule has 2 nitrogen and oxygen atoms in total. The molecule has 0 amide bonds. The Morgan fingerprint density at radius 1 is 1.07 bits per heavy atom. The van der Waals surface area contributed by atoms with Gasteiger partial charge < -0.3 is 0 Å². The van der Waals surface area contributed by atoms with E-state index in [0.29, 0.717) is 5.92 Å². The normalized spacial score (nSPS) is 16.1. The standard InChI is InChI=1S/C24H29BrN2/c1-2-16-27(18-20-7-4-3-5-8-20)17-6-15-24(19-26,21-9-10-21)22-11-13-23(25)14-12-22/h3-5,7-8,11-14,21H,2,6,9-10,15-18H2,1H3. The van der Waals surface area contributed by atoms with Crippen LogP contribution in [0, 0.1) is 17.2 Å². The molecule has 1 atom stereocenters. The number of hydrogen-bond donors (Lipinski definition) is 0. The molecule has 2 aromatic rings. The molecule has 0 aromatic heterocycles. The van der Waals surface area contributed by atoms with Gasteiger partial charge in [-0.15, -0.1) is 0 Å². The lowest BCUT2D eigenvalue weighted by atomic mass is 9.74. The smallest absolute Gasteiger partial charge is 0.0850 e. The summed E-state index contributed by atoms with van der Waals surface area (Å²) in [5.74, 6) is 0.525. The maximum Gasteiger partial charge on any atom is 0.0850 e. The van der Waals surface area contributed by atoms with E-state index in [0.717, 1.165) is 43.4 Å². The van der Waals surface area contributed by atoms with Crippen molar-refractivity contribution in [1.29, 1.82) is 5.26 Å². The molecule has 3 rings (SSSR count). The van der Waals surface area contributed by atoms with E-state index in [1.807, 2.05) is 0 Å². The zero-order chi connectivity index (χ0) is 19.1. The van der Waals surface area contributed by atoms with Crippen molar-refractivity contribution in [3.05, 3.63) is 70.2 Å². The summed E-state index contributed by atoms with van der Waals surface area (Å²) in [6.07, 6.45) is 5.54. The van der Waals surface area contributed by atoms with Gasteiger partial charge in [0.15, 0.2) is 0 Å². The first-order valence-electron chi connectivity index (χ1n) is 10.1. The van der Waals surface area contributed by atoms with Crippen molar-refractivity contribution < 1.29 is 0 Å². The second-order valence-corrected chi connectivity index (χ2v) is 8.65. The molecule has 142 valence electrons. The summed E-state index contributed by atoms with van der Waals surface area (Å²) in [6, 6.07) is 21.9. The molecule has 1 unspecified atom stereocenters. The fourth-order valence-electron chi connectivity index (χ4n) is 4.13. The summed E-state index contributed by atoms with van der Waals surface area (Å²) in [5, 5.41) is 10.1. The predicted octanol–water partition coefficient (Wildman–Crippen LogP) is 6.31. The van der Waals surface area contributed by atoms with Crippen LogP contribution in [0.3, 0.4) is 0 Å². The zero-order valence-corrected chi connectivity index (χ0v) is 17.8. The molecule has 1 fully saturated rings. The number of benzene rings is 2. The van der Waals surface area contributed by atoms with Gasteiger partial charge in [0, 0.05) is 11.0 Å². The van der Waals surface area contributed by atoms with Crippen LogP contribution in [0.2, 0.25) is 0 Å². The van der Waals surface area contributed by atoms with E-state index in [-0.39, 0.29) is 5.41 Å². The zero-order valence-electron chi connectivity index (χ0n) is 16.2. The molecule has 27 heavy (non-hydrogen) atoms. The monoisotopic (exact) mass is 424 g/mol. The molecule has 0 radical (unpaired) electrons. The lowest BCUT2D eigenvalue weighted by molar-refractivity contribution is 0.250. The van der Waals surface area contributed by atoms with E-state index in [1.165, 1.54) is 24.0 Å². The molecular formula is C24H29BrN2. The van der Waals surface area contributed by atoms with Gasteiger partial charge in [0.2, 0.25) is 0 Å². The molecular weight excluding hydrogens is 396 g/mol. The molecule has 0 spiro atoms. The first-order valence-corrected chi connectivity index (χ1v) is 10.9. The van der Waals surface area contributed by atoms with Gasteiger partial charge in [-0.05, 0) is 74.4 Å². The number of halogens is 1. The van der Waals surface area contributed by atoms with Gasteiger partial charge in [0.05, 0.1) is 11.5 Å². The summed E-state index contributed by atoms with van der Waals surface area (Å²) in [7, 11) is 0. The summed E-state index contributed by atoms with van der Waals surface area (Å²) in [5.41, 5.74) is 2.25. The average molecular weight is 425 g/mol. The highest BCUT2D eigenvalue weighted by molar-refractivity contribution is 9.10. The summed E-state index contributed by atoms with van der Waals surface area (Å²) < 4.78 is 1.07. The van der Waals surface area contributed by atoms with Crippen LogP contribution in [0.5, 0.6) is 0 Å². The van der Waals surface area contributed by atoms with Crippen molar-refractivity contribution in [1.82, 2.24) is 4.90 Å². The third-order valence-electron chi connectivity index (χ3n) is 5.67. The third-order valence-corrected chi connectivity index (χ3v) is 6.20.